The third kappa shape index (κ3) is 55.2. The van der Waals surface area contributed by atoms with Gasteiger partial charge in [-0.05, 0) is 77.0 Å². The summed E-state index contributed by atoms with van der Waals surface area (Å²) in [7, 11) is 0. The number of allylic oxidation sites excluding steroid dienone is 12. The van der Waals surface area contributed by atoms with Crippen LogP contribution in [-0.2, 0) is 14.4 Å². The largest absolute Gasteiger partial charge is 0.481 e. The Labute approximate surface area is 337 Å². The number of unbranched alkanes of at least 4 members (excludes halogenated alkanes) is 10. The van der Waals surface area contributed by atoms with Crippen molar-refractivity contribution in [1.82, 2.24) is 26.6 Å². The molecule has 9 heteroatoms. The molecule has 0 aliphatic carbocycles. The number of carbonyl (C=O) groups excluding carboxylic acids is 2. The molecule has 0 aromatic rings. The van der Waals surface area contributed by atoms with Gasteiger partial charge in [0.05, 0.1) is 0 Å². The molecule has 0 spiro atoms. The number of aliphatic carboxylic acids is 1. The van der Waals surface area contributed by atoms with E-state index >= 15 is 0 Å². The SMILES string of the molecule is CC(=O)O.CCC=CCC=CCC=CCCCCCCCC(=O)NCCNCCNCCNCCNC(=O)CCCCCCCC=CCC=CCC=CCC. The van der Waals surface area contributed by atoms with Gasteiger partial charge < -0.3 is 31.7 Å². The van der Waals surface area contributed by atoms with Crippen LogP contribution < -0.4 is 26.6 Å². The van der Waals surface area contributed by atoms with Crippen molar-refractivity contribution in [3.05, 3.63) is 72.9 Å². The molecule has 55 heavy (non-hydrogen) atoms. The zero-order valence-corrected chi connectivity index (χ0v) is 35.4. The predicted octanol–water partition coefficient (Wildman–Crippen LogP) is 9.26. The Balaban J connectivity index is 0. The highest BCUT2D eigenvalue weighted by atomic mass is 16.4. The average molecular weight is 770 g/mol. The van der Waals surface area contributed by atoms with Gasteiger partial charge in [-0.1, -0.05) is 125 Å². The number of carboxylic acid groups (broad SMARTS) is 1. The fraction of sp³-hybridized carbons (Fsp3) is 0.674. The van der Waals surface area contributed by atoms with E-state index < -0.39 is 5.97 Å². The van der Waals surface area contributed by atoms with Gasteiger partial charge in [-0.25, -0.2) is 0 Å². The molecule has 0 fully saturated rings. The minimum absolute atomic E-state index is 0.165. The van der Waals surface area contributed by atoms with Crippen LogP contribution in [0.3, 0.4) is 0 Å². The molecule has 2 amide bonds. The van der Waals surface area contributed by atoms with Gasteiger partial charge in [-0.3, -0.25) is 14.4 Å². The summed E-state index contributed by atoms with van der Waals surface area (Å²) < 4.78 is 0. The van der Waals surface area contributed by atoms with Gasteiger partial charge in [-0.2, -0.15) is 0 Å². The Hall–Kier alpha value is -3.27. The van der Waals surface area contributed by atoms with Crippen molar-refractivity contribution in [2.45, 2.75) is 149 Å². The maximum Gasteiger partial charge on any atom is 0.300 e. The van der Waals surface area contributed by atoms with Gasteiger partial charge in [0.25, 0.3) is 5.97 Å². The number of amides is 2. The number of carboxylic acids is 1. The maximum atomic E-state index is 12.0. The molecule has 0 saturated heterocycles. The van der Waals surface area contributed by atoms with Crippen LogP contribution in [0.1, 0.15) is 149 Å². The molecule has 0 bridgehead atoms. The lowest BCUT2D eigenvalue weighted by molar-refractivity contribution is -0.134. The van der Waals surface area contributed by atoms with Crippen LogP contribution in [0.25, 0.3) is 0 Å². The first kappa shape index (κ1) is 53.8. The molecule has 0 aliphatic rings. The molecule has 6 N–H and O–H groups in total. The molecule has 0 radical (unpaired) electrons. The van der Waals surface area contributed by atoms with Gasteiger partial charge >= 0.3 is 0 Å². The summed E-state index contributed by atoms with van der Waals surface area (Å²) in [6.45, 7) is 11.9. The monoisotopic (exact) mass is 770 g/mol. The molecular formula is C46H83N5O4. The zero-order chi connectivity index (χ0) is 40.6. The van der Waals surface area contributed by atoms with Crippen LogP contribution >= 0.6 is 0 Å². The minimum atomic E-state index is -0.833. The van der Waals surface area contributed by atoms with E-state index in [1.165, 1.54) is 38.5 Å². The molecule has 0 heterocycles. The minimum Gasteiger partial charge on any atom is -0.481 e. The highest BCUT2D eigenvalue weighted by Crippen LogP contribution is 2.09. The molecule has 316 valence electrons. The molecule has 0 aromatic heterocycles. The molecule has 0 rings (SSSR count). The summed E-state index contributed by atoms with van der Waals surface area (Å²) in [5.41, 5.74) is 0. The summed E-state index contributed by atoms with van der Waals surface area (Å²) in [5.74, 6) is -0.503. The van der Waals surface area contributed by atoms with E-state index in [2.05, 4.69) is 113 Å². The van der Waals surface area contributed by atoms with E-state index in [-0.39, 0.29) is 11.8 Å². The van der Waals surface area contributed by atoms with E-state index in [1.54, 1.807) is 0 Å². The Kier molecular flexibility index (Phi) is 47.7. The first-order valence-electron chi connectivity index (χ1n) is 21.7. The molecule has 0 atom stereocenters. The fourth-order valence-electron chi connectivity index (χ4n) is 5.30. The van der Waals surface area contributed by atoms with Crippen molar-refractivity contribution < 1.29 is 19.5 Å². The molecule has 0 saturated carbocycles. The van der Waals surface area contributed by atoms with Crippen LogP contribution in [0.4, 0.5) is 0 Å². The van der Waals surface area contributed by atoms with Crippen LogP contribution in [0.15, 0.2) is 72.9 Å². The van der Waals surface area contributed by atoms with Crippen molar-refractivity contribution >= 4 is 17.8 Å². The number of hydrogen-bond donors (Lipinski definition) is 6. The quantitative estimate of drug-likeness (QED) is 0.0273. The average Bonchev–Trinajstić information content (AvgIpc) is 3.16. The van der Waals surface area contributed by atoms with E-state index in [0.717, 1.165) is 123 Å². The Morgan fingerprint density at radius 3 is 1.02 bits per heavy atom. The number of carbonyl (C=O) groups is 3. The second-order valence-corrected chi connectivity index (χ2v) is 13.7. The van der Waals surface area contributed by atoms with Crippen molar-refractivity contribution in [2.75, 3.05) is 52.4 Å². The van der Waals surface area contributed by atoms with Crippen molar-refractivity contribution in [2.24, 2.45) is 0 Å². The Bertz CT molecular complexity index is 957. The van der Waals surface area contributed by atoms with Crippen LogP contribution in [0.2, 0.25) is 0 Å². The molecular weight excluding hydrogens is 687 g/mol. The lowest BCUT2D eigenvalue weighted by Gasteiger charge is -2.09. The Morgan fingerprint density at radius 2 is 0.673 bits per heavy atom. The van der Waals surface area contributed by atoms with E-state index in [9.17, 15) is 9.59 Å². The van der Waals surface area contributed by atoms with E-state index in [0.29, 0.717) is 25.9 Å². The van der Waals surface area contributed by atoms with Gasteiger partial charge in [0.15, 0.2) is 0 Å². The molecule has 0 aromatic carbocycles. The lowest BCUT2D eigenvalue weighted by Crippen LogP contribution is -2.37. The number of nitrogens with one attached hydrogen (secondary N) is 5. The lowest BCUT2D eigenvalue weighted by atomic mass is 10.1. The van der Waals surface area contributed by atoms with Crippen molar-refractivity contribution in [1.29, 1.82) is 0 Å². The third-order valence-electron chi connectivity index (χ3n) is 8.31. The Morgan fingerprint density at radius 1 is 0.400 bits per heavy atom. The fourth-order valence-corrected chi connectivity index (χ4v) is 5.30. The first-order chi connectivity index (χ1) is 26.9. The number of rotatable bonds is 38. The summed E-state index contributed by atoms with van der Waals surface area (Å²) >= 11 is 0. The second kappa shape index (κ2) is 48.7. The van der Waals surface area contributed by atoms with Crippen molar-refractivity contribution in [3.8, 4) is 0 Å². The summed E-state index contributed by atoms with van der Waals surface area (Å²) in [6.07, 6.45) is 48.4. The summed E-state index contributed by atoms with van der Waals surface area (Å²) in [6, 6.07) is 0. The standard InChI is InChI=1S/C44H79N5O2.C2H4O2/c1-3-5-7-9-11-13-15-17-19-21-23-25-27-29-31-33-43(50)48-41-39-46-37-35-45-36-38-47-40-42-49-44(51)34-32-30-28-26-24-22-20-18-16-14-12-10-8-6-4-2;1-2(3)4/h5-8,11-14,17-20,45-47H,3-4,9-10,15-16,21-42H2,1-2H3,(H,48,50)(H,49,51);1H3,(H,3,4). The smallest absolute Gasteiger partial charge is 0.300 e. The highest BCUT2D eigenvalue weighted by Gasteiger charge is 2.01. The molecule has 0 unspecified atom stereocenters. The third-order valence-corrected chi connectivity index (χ3v) is 8.31. The van der Waals surface area contributed by atoms with E-state index in [4.69, 9.17) is 9.90 Å². The normalized spacial score (nSPS) is 11.8. The summed E-state index contributed by atoms with van der Waals surface area (Å²) in [4.78, 5) is 33.1. The molecule has 0 aliphatic heterocycles. The second-order valence-electron chi connectivity index (χ2n) is 13.7. The topological polar surface area (TPSA) is 132 Å². The van der Waals surface area contributed by atoms with Gasteiger partial charge in [0.1, 0.15) is 0 Å². The highest BCUT2D eigenvalue weighted by molar-refractivity contribution is 5.76. The number of hydrogen-bond acceptors (Lipinski definition) is 6. The summed E-state index contributed by atoms with van der Waals surface area (Å²) in [5, 5.41) is 23.6. The van der Waals surface area contributed by atoms with Gasteiger partial charge in [0.2, 0.25) is 11.8 Å². The first-order valence-corrected chi connectivity index (χ1v) is 21.7. The molecule has 9 nitrogen and oxygen atoms in total. The van der Waals surface area contributed by atoms with Crippen LogP contribution in [0.5, 0.6) is 0 Å². The van der Waals surface area contributed by atoms with E-state index in [1.807, 2.05) is 0 Å². The van der Waals surface area contributed by atoms with Gasteiger partial charge in [0, 0.05) is 72.1 Å². The van der Waals surface area contributed by atoms with Crippen molar-refractivity contribution in [3.63, 3.8) is 0 Å². The predicted molar refractivity (Wildman–Crippen MR) is 236 cm³/mol. The zero-order valence-electron chi connectivity index (χ0n) is 35.4. The van der Waals surface area contributed by atoms with Gasteiger partial charge in [-0.15, -0.1) is 0 Å². The van der Waals surface area contributed by atoms with Crippen LogP contribution in [0, 0.1) is 0 Å². The maximum absolute atomic E-state index is 12.0. The van der Waals surface area contributed by atoms with Crippen LogP contribution in [-0.4, -0.2) is 75.2 Å².